The van der Waals surface area contributed by atoms with E-state index in [1.807, 2.05) is 0 Å². The van der Waals surface area contributed by atoms with Crippen LogP contribution in [0.1, 0.15) is 138 Å². The van der Waals surface area contributed by atoms with Gasteiger partial charge in [-0.1, -0.05) is 138 Å². The molecule has 5 saturated carbocycles. The summed E-state index contributed by atoms with van der Waals surface area (Å²) in [5, 5.41) is 0. The molecule has 59 heavy (non-hydrogen) atoms. The second kappa shape index (κ2) is 13.1. The Labute approximate surface area is 352 Å². The summed E-state index contributed by atoms with van der Waals surface area (Å²) in [6.07, 6.45) is 15.5. The van der Waals surface area contributed by atoms with Gasteiger partial charge in [0.1, 0.15) is 0 Å². The first-order valence-electron chi connectivity index (χ1n) is 23.2. The fourth-order valence-electron chi connectivity index (χ4n) is 14.3. The molecule has 6 aromatic rings. The summed E-state index contributed by atoms with van der Waals surface area (Å²) >= 11 is 0. The lowest BCUT2D eigenvalue weighted by molar-refractivity contribution is -0.00518. The van der Waals surface area contributed by atoms with Crippen molar-refractivity contribution in [1.29, 1.82) is 0 Å². The van der Waals surface area contributed by atoms with E-state index in [2.05, 4.69) is 160 Å². The highest BCUT2D eigenvalue weighted by Gasteiger charge is 2.51. The number of benzene rings is 6. The molecule has 4 bridgehead atoms. The van der Waals surface area contributed by atoms with Crippen molar-refractivity contribution in [1.82, 2.24) is 0 Å². The van der Waals surface area contributed by atoms with Crippen LogP contribution in [0.25, 0.3) is 33.4 Å². The molecule has 296 valence electrons. The van der Waals surface area contributed by atoms with Crippen LogP contribution in [-0.2, 0) is 16.2 Å². The zero-order chi connectivity index (χ0) is 39.7. The van der Waals surface area contributed by atoms with Gasteiger partial charge >= 0.3 is 0 Å². The maximum absolute atomic E-state index is 2.55. The summed E-state index contributed by atoms with van der Waals surface area (Å²) in [5.41, 5.74) is 21.1. The predicted molar refractivity (Wildman–Crippen MR) is 247 cm³/mol. The van der Waals surface area contributed by atoms with Crippen molar-refractivity contribution < 1.29 is 0 Å². The Morgan fingerprint density at radius 2 is 0.932 bits per heavy atom. The number of hydrogen-bond acceptors (Lipinski definition) is 1. The summed E-state index contributed by atoms with van der Waals surface area (Å²) in [7, 11) is 0. The van der Waals surface area contributed by atoms with Crippen LogP contribution in [0.15, 0.2) is 127 Å². The third kappa shape index (κ3) is 5.41. The van der Waals surface area contributed by atoms with E-state index in [9.17, 15) is 0 Å². The minimum Gasteiger partial charge on any atom is -0.310 e. The van der Waals surface area contributed by atoms with E-state index in [1.165, 1.54) is 149 Å². The van der Waals surface area contributed by atoms with E-state index in [-0.39, 0.29) is 10.8 Å². The molecule has 0 aromatic heterocycles. The second-order valence-electron chi connectivity index (χ2n) is 21.0. The standard InChI is InChI=1S/C58H59N/c1-56(2)50-17-9-8-14-48(50)54-46(15-10-18-51(54)56)47-16-11-19-52-55(47)49-29-28-45(33-53(49)57(52,3)4)59(43-24-20-41(21-25-43)40-12-6-5-7-13-40)44-26-22-42(23-27-44)58-34-37-30-38(35-58)32-39(31-37)36-58/h8-11,14-29,33,37-40H,5-7,12-13,30-32,34-36H2,1-4H3. The van der Waals surface area contributed by atoms with Crippen LogP contribution in [0.2, 0.25) is 0 Å². The largest absolute Gasteiger partial charge is 0.310 e. The molecule has 5 fully saturated rings. The number of hydrogen-bond donors (Lipinski definition) is 0. The Balaban J connectivity index is 0.970. The molecule has 0 atom stereocenters. The van der Waals surface area contributed by atoms with Crippen molar-refractivity contribution in [2.45, 2.75) is 120 Å². The van der Waals surface area contributed by atoms with E-state index in [1.54, 1.807) is 5.56 Å². The lowest BCUT2D eigenvalue weighted by atomic mass is 9.48. The van der Waals surface area contributed by atoms with Crippen LogP contribution in [0.5, 0.6) is 0 Å². The van der Waals surface area contributed by atoms with Crippen molar-refractivity contribution in [2.75, 3.05) is 4.90 Å². The van der Waals surface area contributed by atoms with Gasteiger partial charge in [-0.15, -0.1) is 0 Å². The molecule has 0 amide bonds. The molecule has 6 aromatic carbocycles. The van der Waals surface area contributed by atoms with Gasteiger partial charge in [-0.2, -0.15) is 0 Å². The minimum atomic E-state index is -0.148. The first-order valence-corrected chi connectivity index (χ1v) is 23.2. The van der Waals surface area contributed by atoms with E-state index < -0.39 is 0 Å². The Kier molecular flexibility index (Phi) is 7.97. The molecule has 0 N–H and O–H groups in total. The van der Waals surface area contributed by atoms with E-state index in [4.69, 9.17) is 0 Å². The van der Waals surface area contributed by atoms with Gasteiger partial charge in [0, 0.05) is 27.9 Å². The minimum absolute atomic E-state index is 0.0303. The third-order valence-corrected chi connectivity index (χ3v) is 16.8. The van der Waals surface area contributed by atoms with Crippen LogP contribution < -0.4 is 4.90 Å². The molecule has 7 aliphatic carbocycles. The maximum Gasteiger partial charge on any atom is 0.0465 e. The average Bonchev–Trinajstić information content (AvgIpc) is 3.63. The van der Waals surface area contributed by atoms with Crippen LogP contribution in [0.4, 0.5) is 17.1 Å². The SMILES string of the molecule is CC1(C)c2ccccc2-c2c(-c3cccc4c3-c3ccc(N(c5ccc(C6CCCCC6)cc5)c5ccc(C67CC8CC(CC(C8)C6)C7)cc5)cc3C4(C)C)cccc21. The molecule has 0 aliphatic heterocycles. The lowest BCUT2D eigenvalue weighted by Gasteiger charge is -2.57. The van der Waals surface area contributed by atoms with E-state index in [0.29, 0.717) is 11.3 Å². The first kappa shape index (κ1) is 36.0. The normalized spacial score (nSPS) is 25.3. The van der Waals surface area contributed by atoms with Gasteiger partial charge in [-0.25, -0.2) is 0 Å². The Hall–Kier alpha value is -4.88. The van der Waals surface area contributed by atoms with Crippen molar-refractivity contribution in [2.24, 2.45) is 17.8 Å². The fraction of sp³-hybridized carbons (Fsp3) is 0.379. The molecule has 13 rings (SSSR count). The average molecular weight is 770 g/mol. The van der Waals surface area contributed by atoms with Gasteiger partial charge in [-0.3, -0.25) is 0 Å². The Bertz CT molecular complexity index is 2580. The van der Waals surface area contributed by atoms with Gasteiger partial charge in [0.15, 0.2) is 0 Å². The second-order valence-corrected chi connectivity index (χ2v) is 21.0. The number of anilines is 3. The molecule has 1 nitrogen and oxygen atoms in total. The van der Waals surface area contributed by atoms with Crippen molar-refractivity contribution >= 4 is 17.1 Å². The highest BCUT2D eigenvalue weighted by molar-refractivity contribution is 6.00. The van der Waals surface area contributed by atoms with Crippen molar-refractivity contribution in [3.05, 3.63) is 161 Å². The van der Waals surface area contributed by atoms with Gasteiger partial charge in [0.2, 0.25) is 0 Å². The van der Waals surface area contributed by atoms with Crippen LogP contribution in [0, 0.1) is 17.8 Å². The number of nitrogens with zero attached hydrogens (tertiary/aromatic N) is 1. The highest BCUT2D eigenvalue weighted by atomic mass is 15.1. The van der Waals surface area contributed by atoms with Gasteiger partial charge in [-0.05, 0) is 184 Å². The smallest absolute Gasteiger partial charge is 0.0465 e. The van der Waals surface area contributed by atoms with Crippen LogP contribution in [-0.4, -0.2) is 0 Å². The summed E-state index contributed by atoms with van der Waals surface area (Å²) in [5.74, 6) is 3.55. The molecular weight excluding hydrogens is 711 g/mol. The maximum atomic E-state index is 2.55. The molecule has 1 heteroatoms. The fourth-order valence-corrected chi connectivity index (χ4v) is 14.3. The molecule has 0 radical (unpaired) electrons. The molecular formula is C58H59N. The van der Waals surface area contributed by atoms with E-state index in [0.717, 1.165) is 17.8 Å². The van der Waals surface area contributed by atoms with Crippen LogP contribution >= 0.6 is 0 Å². The quantitative estimate of drug-likeness (QED) is 0.163. The van der Waals surface area contributed by atoms with E-state index >= 15 is 0 Å². The van der Waals surface area contributed by atoms with Gasteiger partial charge in [0.25, 0.3) is 0 Å². The van der Waals surface area contributed by atoms with Crippen LogP contribution in [0.3, 0.4) is 0 Å². The molecule has 0 unspecified atom stereocenters. The predicted octanol–water partition coefficient (Wildman–Crippen LogP) is 16.0. The summed E-state index contributed by atoms with van der Waals surface area (Å²) < 4.78 is 0. The van der Waals surface area contributed by atoms with Gasteiger partial charge < -0.3 is 4.90 Å². The molecule has 7 aliphatic rings. The molecule has 0 heterocycles. The van der Waals surface area contributed by atoms with Gasteiger partial charge in [0.05, 0.1) is 0 Å². The van der Waals surface area contributed by atoms with Crippen molar-refractivity contribution in [3.8, 4) is 33.4 Å². The van der Waals surface area contributed by atoms with Crippen molar-refractivity contribution in [3.63, 3.8) is 0 Å². The first-order chi connectivity index (χ1) is 28.7. The molecule has 0 spiro atoms. The third-order valence-electron chi connectivity index (χ3n) is 16.8. The molecule has 0 saturated heterocycles. The Morgan fingerprint density at radius 1 is 0.441 bits per heavy atom. The number of rotatable bonds is 6. The zero-order valence-electron chi connectivity index (χ0n) is 35.7. The topological polar surface area (TPSA) is 3.24 Å². The summed E-state index contributed by atoms with van der Waals surface area (Å²) in [4.78, 5) is 2.55. The lowest BCUT2D eigenvalue weighted by Crippen LogP contribution is -2.48. The summed E-state index contributed by atoms with van der Waals surface area (Å²) in [6, 6.07) is 50.3. The monoisotopic (exact) mass is 769 g/mol. The zero-order valence-corrected chi connectivity index (χ0v) is 35.7. The summed E-state index contributed by atoms with van der Waals surface area (Å²) in [6.45, 7) is 9.68. The highest BCUT2D eigenvalue weighted by Crippen LogP contribution is 2.61. The Morgan fingerprint density at radius 3 is 1.54 bits per heavy atom. The number of fused-ring (bicyclic) bond motifs is 6.